The van der Waals surface area contributed by atoms with Gasteiger partial charge in [-0.1, -0.05) is 178 Å². The maximum Gasteiger partial charge on any atom is 0.136 e. The first kappa shape index (κ1) is 40.2. The summed E-state index contributed by atoms with van der Waals surface area (Å²) in [5.74, 6) is 0. The first-order valence-electron chi connectivity index (χ1n) is 19.9. The molecule has 7 aromatic carbocycles. The molecule has 57 heavy (non-hydrogen) atoms. The van der Waals surface area contributed by atoms with Crippen molar-refractivity contribution in [3.8, 4) is 22.3 Å². The van der Waals surface area contributed by atoms with Gasteiger partial charge in [0.25, 0.3) is 0 Å². The minimum Gasteiger partial charge on any atom is -0.456 e. The zero-order valence-corrected chi connectivity index (χ0v) is 34.6. The van der Waals surface area contributed by atoms with Crippen LogP contribution in [0.25, 0.3) is 49.9 Å². The highest BCUT2D eigenvalue weighted by molar-refractivity contribution is 6.13. The number of aryl methyl sites for hydroxylation is 3. The van der Waals surface area contributed by atoms with Crippen LogP contribution in [0.4, 0.5) is 0 Å². The molecule has 0 amide bonds. The van der Waals surface area contributed by atoms with Crippen LogP contribution < -0.4 is 5.73 Å². The molecule has 3 nitrogen and oxygen atoms in total. The molecule has 8 aromatic rings. The van der Waals surface area contributed by atoms with Gasteiger partial charge in [-0.2, -0.15) is 0 Å². The fraction of sp³-hybridized carbons (Fsp3) is 0.167. The van der Waals surface area contributed by atoms with Crippen LogP contribution in [0, 0.1) is 33.1 Å². The SMILES string of the molecule is CC.Cc1cccc(C)c1.Cc1ccccc1-c1ccc2c(c1C)-c1ccccc1C2(C)C.N=C(/C=C(\N)c1ccccc1)c1ccc2c(c1)oc1ccccc12. The second-order valence-corrected chi connectivity index (χ2v) is 15.0. The number of hydrogen-bond donors (Lipinski definition) is 2. The Hall–Kier alpha value is -6.45. The summed E-state index contributed by atoms with van der Waals surface area (Å²) in [7, 11) is 0. The molecule has 0 saturated heterocycles. The van der Waals surface area contributed by atoms with Crippen molar-refractivity contribution in [2.45, 2.75) is 60.8 Å². The molecule has 0 radical (unpaired) electrons. The summed E-state index contributed by atoms with van der Waals surface area (Å²) in [6, 6.07) is 54.1. The number of furan rings is 1. The molecular weight excluding hydrogens is 693 g/mol. The number of rotatable bonds is 4. The molecule has 0 unspecified atom stereocenters. The molecule has 0 bridgehead atoms. The van der Waals surface area contributed by atoms with Gasteiger partial charge >= 0.3 is 0 Å². The van der Waals surface area contributed by atoms with E-state index in [0.29, 0.717) is 11.4 Å². The second-order valence-electron chi connectivity index (χ2n) is 15.0. The van der Waals surface area contributed by atoms with E-state index in [1.165, 1.54) is 55.6 Å². The summed E-state index contributed by atoms with van der Waals surface area (Å²) in [5, 5.41) is 10.5. The van der Waals surface area contributed by atoms with Crippen molar-refractivity contribution in [1.82, 2.24) is 0 Å². The number of benzene rings is 7. The van der Waals surface area contributed by atoms with Gasteiger partial charge in [0.2, 0.25) is 0 Å². The fourth-order valence-electron chi connectivity index (χ4n) is 7.79. The van der Waals surface area contributed by atoms with Crippen LogP contribution >= 0.6 is 0 Å². The van der Waals surface area contributed by atoms with E-state index in [1.807, 2.05) is 86.6 Å². The summed E-state index contributed by atoms with van der Waals surface area (Å²) >= 11 is 0. The normalized spacial score (nSPS) is 12.2. The van der Waals surface area contributed by atoms with Crippen molar-refractivity contribution < 1.29 is 4.42 Å². The lowest BCUT2D eigenvalue weighted by Crippen LogP contribution is -2.14. The number of nitrogens with two attached hydrogens (primary N) is 1. The van der Waals surface area contributed by atoms with Gasteiger partial charge in [-0.3, -0.25) is 0 Å². The first-order valence-corrected chi connectivity index (χ1v) is 19.9. The van der Waals surface area contributed by atoms with Crippen LogP contribution in [0.2, 0.25) is 0 Å². The highest BCUT2D eigenvalue weighted by Gasteiger charge is 2.36. The number of hydrogen-bond acceptors (Lipinski definition) is 3. The van der Waals surface area contributed by atoms with Crippen molar-refractivity contribution in [2.24, 2.45) is 5.73 Å². The lowest BCUT2D eigenvalue weighted by atomic mass is 9.81. The molecule has 1 aliphatic carbocycles. The molecule has 3 N–H and O–H groups in total. The van der Waals surface area contributed by atoms with Crippen molar-refractivity contribution in [1.29, 1.82) is 5.41 Å². The zero-order valence-electron chi connectivity index (χ0n) is 34.6. The Morgan fingerprint density at radius 3 is 1.84 bits per heavy atom. The molecule has 0 aliphatic heterocycles. The second kappa shape index (κ2) is 17.6. The van der Waals surface area contributed by atoms with Gasteiger partial charge in [0, 0.05) is 27.4 Å². The summed E-state index contributed by atoms with van der Waals surface area (Å²) in [4.78, 5) is 0. The predicted octanol–water partition coefficient (Wildman–Crippen LogP) is 14.6. The van der Waals surface area contributed by atoms with Crippen LogP contribution in [-0.4, -0.2) is 5.71 Å². The third kappa shape index (κ3) is 8.54. The molecule has 0 spiro atoms. The van der Waals surface area contributed by atoms with Crippen molar-refractivity contribution >= 4 is 33.3 Å². The third-order valence-corrected chi connectivity index (χ3v) is 10.7. The van der Waals surface area contributed by atoms with E-state index < -0.39 is 0 Å². The van der Waals surface area contributed by atoms with Crippen LogP contribution in [-0.2, 0) is 5.41 Å². The van der Waals surface area contributed by atoms with E-state index in [1.54, 1.807) is 6.08 Å². The molecule has 0 atom stereocenters. The molecular formula is C54H54N2O. The minimum absolute atomic E-state index is 0.0843. The maximum absolute atomic E-state index is 8.32. The summed E-state index contributed by atoms with van der Waals surface area (Å²) in [6.07, 6.45) is 1.68. The van der Waals surface area contributed by atoms with Gasteiger partial charge in [0.15, 0.2) is 0 Å². The van der Waals surface area contributed by atoms with Crippen molar-refractivity contribution in [3.05, 3.63) is 208 Å². The Kier molecular flexibility index (Phi) is 12.4. The van der Waals surface area contributed by atoms with E-state index in [9.17, 15) is 0 Å². The van der Waals surface area contributed by atoms with E-state index in [0.717, 1.165) is 33.1 Å². The quantitative estimate of drug-likeness (QED) is 0.176. The molecule has 0 fully saturated rings. The number of fused-ring (bicyclic) bond motifs is 6. The Bertz CT molecular complexity index is 2680. The van der Waals surface area contributed by atoms with Gasteiger partial charge in [0.1, 0.15) is 11.2 Å². The molecule has 1 aromatic heterocycles. The van der Waals surface area contributed by atoms with Crippen LogP contribution in [0.15, 0.2) is 168 Å². The molecule has 286 valence electrons. The standard InChI is InChI=1S/C23H22.C21H16N2O.C8H10.C2H6/c1-15-9-5-6-10-17(15)18-13-14-21-22(16(18)2)19-11-7-8-12-20(19)23(21,3)4;22-18(14-6-2-1-3-7-14)13-19(23)15-10-11-17-16-8-4-5-9-20(16)24-21(17)12-15;1-7-4-3-5-8(2)6-7;1-2/h5-14H,1-4H3;1-13,23H,22H2;3-6H,1-2H3;1-2H3/b;18-13-,23-19?;;. The summed E-state index contributed by atoms with van der Waals surface area (Å²) in [5.41, 5.74) is 24.3. The Morgan fingerprint density at radius 2 is 1.16 bits per heavy atom. The van der Waals surface area contributed by atoms with E-state index in [2.05, 4.69) is 126 Å². The lowest BCUT2D eigenvalue weighted by molar-refractivity contribution is 0.660. The van der Waals surface area contributed by atoms with Crippen molar-refractivity contribution in [2.75, 3.05) is 0 Å². The van der Waals surface area contributed by atoms with Gasteiger partial charge < -0.3 is 15.6 Å². The van der Waals surface area contributed by atoms with Crippen molar-refractivity contribution in [3.63, 3.8) is 0 Å². The fourth-order valence-corrected chi connectivity index (χ4v) is 7.79. The molecule has 9 rings (SSSR count). The monoisotopic (exact) mass is 746 g/mol. The molecule has 3 heteroatoms. The van der Waals surface area contributed by atoms with Gasteiger partial charge in [-0.05, 0) is 102 Å². The Balaban J connectivity index is 0.000000156. The van der Waals surface area contributed by atoms with Gasteiger partial charge in [-0.25, -0.2) is 0 Å². The summed E-state index contributed by atoms with van der Waals surface area (Å²) < 4.78 is 5.88. The average Bonchev–Trinajstić information content (AvgIpc) is 3.71. The minimum atomic E-state index is 0.0843. The first-order chi connectivity index (χ1) is 27.5. The third-order valence-electron chi connectivity index (χ3n) is 10.7. The van der Waals surface area contributed by atoms with Crippen LogP contribution in [0.3, 0.4) is 0 Å². The Morgan fingerprint density at radius 1 is 0.544 bits per heavy atom. The summed E-state index contributed by atoms with van der Waals surface area (Å²) in [6.45, 7) is 17.4. The van der Waals surface area contributed by atoms with Crippen LogP contribution in [0.1, 0.15) is 72.2 Å². The highest BCUT2D eigenvalue weighted by atomic mass is 16.3. The smallest absolute Gasteiger partial charge is 0.136 e. The van der Waals surface area contributed by atoms with Gasteiger partial charge in [-0.15, -0.1) is 0 Å². The zero-order chi connectivity index (χ0) is 40.7. The Labute approximate surface area is 339 Å². The van der Waals surface area contributed by atoms with E-state index >= 15 is 0 Å². The van der Waals surface area contributed by atoms with Gasteiger partial charge in [0.05, 0.1) is 5.71 Å². The van der Waals surface area contributed by atoms with E-state index in [4.69, 9.17) is 15.6 Å². The molecule has 0 saturated carbocycles. The maximum atomic E-state index is 8.32. The molecule has 1 heterocycles. The average molecular weight is 747 g/mol. The van der Waals surface area contributed by atoms with E-state index in [-0.39, 0.29) is 5.41 Å². The molecule has 1 aliphatic rings. The number of para-hydroxylation sites is 1. The largest absolute Gasteiger partial charge is 0.456 e. The lowest BCUT2D eigenvalue weighted by Gasteiger charge is -2.22. The number of nitrogens with one attached hydrogen (secondary N) is 1. The highest BCUT2D eigenvalue weighted by Crippen LogP contribution is 2.51. The number of allylic oxidation sites excluding steroid dienone is 1. The predicted molar refractivity (Wildman–Crippen MR) is 245 cm³/mol. The topological polar surface area (TPSA) is 63.0 Å². The van der Waals surface area contributed by atoms with Crippen LogP contribution in [0.5, 0.6) is 0 Å².